The maximum absolute atomic E-state index is 11.5. The zero-order chi connectivity index (χ0) is 13.2. The molecule has 1 aromatic rings. The molecule has 1 aromatic carbocycles. The van der Waals surface area contributed by atoms with Gasteiger partial charge in [-0.1, -0.05) is 0 Å². The van der Waals surface area contributed by atoms with Crippen molar-refractivity contribution >= 4 is 10.8 Å². The van der Waals surface area contributed by atoms with Crippen LogP contribution < -0.4 is 4.74 Å². The lowest BCUT2D eigenvalue weighted by Crippen LogP contribution is -2.12. The lowest BCUT2D eigenvalue weighted by Gasteiger charge is -2.06. The van der Waals surface area contributed by atoms with Crippen LogP contribution in [0, 0.1) is 11.3 Å². The Kier molecular flexibility index (Phi) is 7.07. The van der Waals surface area contributed by atoms with Gasteiger partial charge in [0.25, 0.3) is 0 Å². The lowest BCUT2D eigenvalue weighted by atomic mass is 10.2. The molecule has 0 bridgehead atoms. The molecule has 1 atom stereocenters. The van der Waals surface area contributed by atoms with Gasteiger partial charge in [-0.25, -0.2) is 0 Å². The topological polar surface area (TPSA) is 59.3 Å². The predicted molar refractivity (Wildman–Crippen MR) is 71.0 cm³/mol. The molecule has 0 spiro atoms. The number of hydrogen-bond donors (Lipinski definition) is 0. The van der Waals surface area contributed by atoms with Crippen LogP contribution in [0.15, 0.2) is 24.3 Å². The Morgan fingerprint density at radius 1 is 1.22 bits per heavy atom. The number of nitriles is 1. The molecule has 5 heteroatoms. The second-order valence-electron chi connectivity index (χ2n) is 3.68. The summed E-state index contributed by atoms with van der Waals surface area (Å²) in [5.74, 6) is 1.86. The minimum absolute atomic E-state index is 0.422. The Morgan fingerprint density at radius 2 is 1.94 bits per heavy atom. The van der Waals surface area contributed by atoms with Gasteiger partial charge in [0.15, 0.2) is 0 Å². The molecule has 4 nitrogen and oxygen atoms in total. The number of rotatable bonds is 8. The molecule has 1 rings (SSSR count). The van der Waals surface area contributed by atoms with Crippen molar-refractivity contribution in [3.8, 4) is 11.8 Å². The Balaban J connectivity index is 2.20. The third-order valence-electron chi connectivity index (χ3n) is 2.28. The summed E-state index contributed by atoms with van der Waals surface area (Å²) in [7, 11) is 0.777. The Morgan fingerprint density at radius 3 is 2.56 bits per heavy atom. The Labute approximate surface area is 110 Å². The van der Waals surface area contributed by atoms with Crippen LogP contribution >= 0.6 is 0 Å². The highest BCUT2D eigenvalue weighted by Gasteiger charge is 2.01. The van der Waals surface area contributed by atoms with Gasteiger partial charge >= 0.3 is 0 Å². The van der Waals surface area contributed by atoms with Crippen LogP contribution in [-0.2, 0) is 15.5 Å². The monoisotopic (exact) mass is 267 g/mol. The number of hydrogen-bond acceptors (Lipinski definition) is 4. The van der Waals surface area contributed by atoms with E-state index in [1.165, 1.54) is 0 Å². The van der Waals surface area contributed by atoms with Crippen molar-refractivity contribution in [2.75, 3.05) is 31.8 Å². The number of benzene rings is 1. The van der Waals surface area contributed by atoms with Crippen molar-refractivity contribution in [2.24, 2.45) is 0 Å². The van der Waals surface area contributed by atoms with Gasteiger partial charge in [-0.3, -0.25) is 4.21 Å². The molecular weight excluding hydrogens is 250 g/mol. The van der Waals surface area contributed by atoms with E-state index in [0.717, 1.165) is 6.42 Å². The average molecular weight is 267 g/mol. The fraction of sp³-hybridized carbons (Fsp3) is 0.462. The maximum Gasteiger partial charge on any atom is 0.119 e. The van der Waals surface area contributed by atoms with Crippen molar-refractivity contribution in [3.05, 3.63) is 29.8 Å². The first-order valence-corrected chi connectivity index (χ1v) is 7.22. The quantitative estimate of drug-likeness (QED) is 0.673. The summed E-state index contributed by atoms with van der Waals surface area (Å²) in [6, 6.07) is 8.92. The summed E-state index contributed by atoms with van der Waals surface area (Å²) in [6.07, 6.45) is 0.806. The largest absolute Gasteiger partial charge is 0.493 e. The fourth-order valence-corrected chi connectivity index (χ4v) is 2.26. The van der Waals surface area contributed by atoms with Crippen molar-refractivity contribution in [3.63, 3.8) is 0 Å². The molecule has 0 N–H and O–H groups in total. The molecule has 0 saturated heterocycles. The number of ether oxygens (including phenoxy) is 2. The smallest absolute Gasteiger partial charge is 0.119 e. The van der Waals surface area contributed by atoms with Crippen LogP contribution in [0.25, 0.3) is 0 Å². The van der Waals surface area contributed by atoms with Gasteiger partial charge in [0.05, 0.1) is 24.0 Å². The first-order chi connectivity index (χ1) is 8.76. The van der Waals surface area contributed by atoms with Gasteiger partial charge < -0.3 is 9.47 Å². The molecule has 0 aliphatic heterocycles. The van der Waals surface area contributed by atoms with E-state index in [9.17, 15) is 4.21 Å². The van der Waals surface area contributed by atoms with Crippen molar-refractivity contribution in [1.29, 1.82) is 5.26 Å². The highest BCUT2D eigenvalue weighted by Crippen LogP contribution is 2.11. The molecular formula is C13H17NO3S. The summed E-state index contributed by atoms with van der Waals surface area (Å²) in [5, 5.41) is 8.64. The van der Waals surface area contributed by atoms with Gasteiger partial charge in [-0.15, -0.1) is 0 Å². The number of nitrogens with zero attached hydrogens (tertiary/aromatic N) is 1. The summed E-state index contributed by atoms with van der Waals surface area (Å²) in [5.41, 5.74) is 0.602. The summed E-state index contributed by atoms with van der Waals surface area (Å²) in [6.45, 7) is 1.06. The molecule has 0 amide bonds. The van der Waals surface area contributed by atoms with Gasteiger partial charge in [0.2, 0.25) is 0 Å². The van der Waals surface area contributed by atoms with Crippen LogP contribution in [0.5, 0.6) is 5.75 Å². The van der Waals surface area contributed by atoms with Gasteiger partial charge in [-0.05, 0) is 30.7 Å². The van der Waals surface area contributed by atoms with Crippen LogP contribution in [-0.4, -0.2) is 36.0 Å². The van der Waals surface area contributed by atoms with Crippen molar-refractivity contribution in [2.45, 2.75) is 6.42 Å². The summed E-state index contributed by atoms with van der Waals surface area (Å²) in [4.78, 5) is 0. The van der Waals surface area contributed by atoms with E-state index < -0.39 is 10.8 Å². The first kappa shape index (κ1) is 14.7. The minimum atomic E-state index is -0.859. The molecule has 0 radical (unpaired) electrons. The highest BCUT2D eigenvalue weighted by atomic mass is 32.2. The summed E-state index contributed by atoms with van der Waals surface area (Å²) < 4.78 is 21.9. The minimum Gasteiger partial charge on any atom is -0.493 e. The number of methoxy groups -OCH3 is 1. The molecule has 0 saturated carbocycles. The van der Waals surface area contributed by atoms with Crippen molar-refractivity contribution in [1.82, 2.24) is 0 Å². The third-order valence-corrected chi connectivity index (χ3v) is 3.65. The molecule has 98 valence electrons. The summed E-state index contributed by atoms with van der Waals surface area (Å²) >= 11 is 0. The van der Waals surface area contributed by atoms with Crippen molar-refractivity contribution < 1.29 is 13.7 Å². The van der Waals surface area contributed by atoms with E-state index >= 15 is 0 Å². The standard InChI is InChI=1S/C13H17NO3S/c1-16-7-2-9-18(15)10-8-17-13-5-3-12(11-14)4-6-13/h3-6H,2,7-10H2,1H3. The lowest BCUT2D eigenvalue weighted by molar-refractivity contribution is 0.200. The van der Waals surface area contributed by atoms with E-state index in [0.29, 0.717) is 36.0 Å². The molecule has 18 heavy (non-hydrogen) atoms. The molecule has 0 aliphatic carbocycles. The molecule has 1 unspecified atom stereocenters. The van der Waals surface area contributed by atoms with E-state index in [1.807, 2.05) is 6.07 Å². The average Bonchev–Trinajstić information content (AvgIpc) is 2.40. The zero-order valence-electron chi connectivity index (χ0n) is 10.4. The second-order valence-corrected chi connectivity index (χ2v) is 5.38. The maximum atomic E-state index is 11.5. The van der Waals surface area contributed by atoms with Crippen LogP contribution in [0.1, 0.15) is 12.0 Å². The van der Waals surface area contributed by atoms with Gasteiger partial charge in [-0.2, -0.15) is 5.26 Å². The second kappa shape index (κ2) is 8.67. The van der Waals surface area contributed by atoms with Crippen LogP contribution in [0.4, 0.5) is 0 Å². The highest BCUT2D eigenvalue weighted by molar-refractivity contribution is 7.84. The predicted octanol–water partition coefficient (Wildman–Crippen LogP) is 1.72. The van der Waals surface area contributed by atoms with E-state index in [4.69, 9.17) is 14.7 Å². The van der Waals surface area contributed by atoms with Crippen LogP contribution in [0.2, 0.25) is 0 Å². The first-order valence-electron chi connectivity index (χ1n) is 5.73. The molecule has 0 aliphatic rings. The van der Waals surface area contributed by atoms with Gasteiger partial charge in [0, 0.05) is 30.3 Å². The van der Waals surface area contributed by atoms with Gasteiger partial charge in [0.1, 0.15) is 5.75 Å². The third kappa shape index (κ3) is 5.80. The SMILES string of the molecule is COCCCS(=O)CCOc1ccc(C#N)cc1. The zero-order valence-corrected chi connectivity index (χ0v) is 11.2. The molecule has 0 aromatic heterocycles. The normalized spacial score (nSPS) is 11.8. The molecule has 0 heterocycles. The van der Waals surface area contributed by atoms with E-state index in [1.54, 1.807) is 31.4 Å². The Bertz CT molecular complexity index is 411. The fourth-order valence-electron chi connectivity index (χ4n) is 1.34. The van der Waals surface area contributed by atoms with Crippen LogP contribution in [0.3, 0.4) is 0 Å². The van der Waals surface area contributed by atoms with E-state index in [2.05, 4.69) is 0 Å². The Hall–Kier alpha value is -1.38. The van der Waals surface area contributed by atoms with E-state index in [-0.39, 0.29) is 0 Å². The molecule has 0 fully saturated rings.